The molecule has 0 saturated carbocycles. The number of imidazole rings is 2. The quantitative estimate of drug-likeness (QED) is 0.282. The second kappa shape index (κ2) is 5.76. The van der Waals surface area contributed by atoms with Gasteiger partial charge in [-0.3, -0.25) is 14.6 Å². The molecule has 5 rings (SSSR count). The zero-order valence-electron chi connectivity index (χ0n) is 15.0. The van der Waals surface area contributed by atoms with E-state index < -0.39 is 11.1 Å². The highest BCUT2D eigenvalue weighted by atomic mass is 16.1. The zero-order chi connectivity index (χ0) is 20.3. The van der Waals surface area contributed by atoms with Crippen molar-refractivity contribution in [1.29, 1.82) is 0 Å². The average molecular weight is 390 g/mol. The minimum Gasteiger partial charge on any atom is -0.369 e. The van der Waals surface area contributed by atoms with Gasteiger partial charge in [0.25, 0.3) is 11.1 Å². The van der Waals surface area contributed by atoms with Crippen LogP contribution in [0.3, 0.4) is 0 Å². The van der Waals surface area contributed by atoms with E-state index in [4.69, 9.17) is 11.5 Å². The molecule has 0 bridgehead atoms. The molecular weight excluding hydrogens is 376 g/mol. The van der Waals surface area contributed by atoms with Crippen LogP contribution in [0.2, 0.25) is 0 Å². The molecule has 4 heterocycles. The molecule has 1 aromatic carbocycles. The second-order valence-electron chi connectivity index (χ2n) is 6.42. The van der Waals surface area contributed by atoms with Crippen molar-refractivity contribution in [3.8, 4) is 17.3 Å². The monoisotopic (exact) mass is 390 g/mol. The van der Waals surface area contributed by atoms with Crippen molar-refractivity contribution >= 4 is 34.2 Å². The molecule has 0 atom stereocenters. The zero-order valence-corrected chi connectivity index (χ0v) is 15.0. The number of rotatable bonds is 2. The van der Waals surface area contributed by atoms with Gasteiger partial charge in [0.1, 0.15) is 0 Å². The highest BCUT2D eigenvalue weighted by Crippen LogP contribution is 2.20. The summed E-state index contributed by atoms with van der Waals surface area (Å²) in [4.78, 5) is 49.9. The SMILES string of the molecule is Cc1ccccc1-n1c(N)nc2nc(-c3nc4nc(N)[nH]c(=O)c4[nH]3)[nH]c2c1=O. The van der Waals surface area contributed by atoms with Gasteiger partial charge in [-0.1, -0.05) is 18.2 Å². The molecule has 5 aromatic rings. The molecule has 0 aliphatic rings. The predicted molar refractivity (Wildman–Crippen MR) is 107 cm³/mol. The van der Waals surface area contributed by atoms with Gasteiger partial charge in [-0.05, 0) is 18.6 Å². The van der Waals surface area contributed by atoms with Gasteiger partial charge in [0.2, 0.25) is 11.9 Å². The summed E-state index contributed by atoms with van der Waals surface area (Å²) >= 11 is 0. The fourth-order valence-corrected chi connectivity index (χ4v) is 3.16. The molecule has 12 heteroatoms. The van der Waals surface area contributed by atoms with E-state index in [1.807, 2.05) is 19.1 Å². The van der Waals surface area contributed by atoms with E-state index in [1.54, 1.807) is 12.1 Å². The van der Waals surface area contributed by atoms with E-state index in [0.717, 1.165) is 5.56 Å². The van der Waals surface area contributed by atoms with Crippen LogP contribution in [0.1, 0.15) is 5.56 Å². The van der Waals surface area contributed by atoms with E-state index in [9.17, 15) is 9.59 Å². The first kappa shape index (κ1) is 16.7. The molecule has 4 aromatic heterocycles. The van der Waals surface area contributed by atoms with Crippen LogP contribution < -0.4 is 22.6 Å². The second-order valence-corrected chi connectivity index (χ2v) is 6.42. The average Bonchev–Trinajstić information content (AvgIpc) is 3.27. The molecule has 0 radical (unpaired) electrons. The lowest BCUT2D eigenvalue weighted by molar-refractivity contribution is 0.966. The Morgan fingerprint density at radius 2 is 1.52 bits per heavy atom. The summed E-state index contributed by atoms with van der Waals surface area (Å²) in [7, 11) is 0. The summed E-state index contributed by atoms with van der Waals surface area (Å²) in [6.45, 7) is 1.87. The maximum atomic E-state index is 13.1. The Balaban J connectivity index is 1.74. The summed E-state index contributed by atoms with van der Waals surface area (Å²) < 4.78 is 1.31. The fourth-order valence-electron chi connectivity index (χ4n) is 3.16. The number of nitrogen functional groups attached to an aromatic ring is 2. The third kappa shape index (κ3) is 2.46. The standard InChI is InChI=1S/C17H14N10O2/c1-6-4-2-3-5-7(6)27-15(29)9-11(25-17(27)19)23-13(21-9)12-20-8-10(22-12)24-16(18)26-14(8)28/h2-5H,1H3,(H2,19,25)(H,21,23)(H4,18,20,22,24,26,28). The number of H-pyrrole nitrogens is 3. The van der Waals surface area contributed by atoms with E-state index in [-0.39, 0.29) is 45.9 Å². The Morgan fingerprint density at radius 3 is 2.24 bits per heavy atom. The van der Waals surface area contributed by atoms with Crippen molar-refractivity contribution in [3.63, 3.8) is 0 Å². The lowest BCUT2D eigenvalue weighted by Gasteiger charge is -2.10. The Hall–Kier alpha value is -4.48. The number of nitrogens with zero attached hydrogens (tertiary/aromatic N) is 5. The van der Waals surface area contributed by atoms with Crippen molar-refractivity contribution in [2.75, 3.05) is 11.5 Å². The first-order valence-electron chi connectivity index (χ1n) is 8.52. The fraction of sp³-hybridized carbons (Fsp3) is 0.0588. The summed E-state index contributed by atoms with van der Waals surface area (Å²) in [6.07, 6.45) is 0. The highest BCUT2D eigenvalue weighted by molar-refractivity contribution is 5.79. The number of hydrogen-bond acceptors (Lipinski definition) is 8. The number of hydrogen-bond donors (Lipinski definition) is 5. The van der Waals surface area contributed by atoms with Gasteiger partial charge in [0.05, 0.1) is 5.69 Å². The van der Waals surface area contributed by atoms with Gasteiger partial charge in [0.15, 0.2) is 34.0 Å². The molecule has 0 aliphatic heterocycles. The number of aryl methyl sites for hydroxylation is 1. The number of aromatic nitrogens is 8. The van der Waals surface area contributed by atoms with Gasteiger partial charge in [-0.25, -0.2) is 14.5 Å². The molecule has 0 spiro atoms. The minimum absolute atomic E-state index is 0.00495. The minimum atomic E-state index is -0.466. The van der Waals surface area contributed by atoms with E-state index >= 15 is 0 Å². The van der Waals surface area contributed by atoms with Crippen molar-refractivity contribution in [2.45, 2.75) is 6.92 Å². The lowest BCUT2D eigenvalue weighted by Crippen LogP contribution is -2.23. The van der Waals surface area contributed by atoms with Crippen molar-refractivity contribution in [1.82, 2.24) is 39.5 Å². The Labute approximate surface area is 160 Å². The van der Waals surface area contributed by atoms with Crippen molar-refractivity contribution < 1.29 is 0 Å². The van der Waals surface area contributed by atoms with E-state index in [0.29, 0.717) is 5.69 Å². The lowest BCUT2D eigenvalue weighted by atomic mass is 10.2. The number of anilines is 2. The molecule has 0 unspecified atom stereocenters. The summed E-state index contributed by atoms with van der Waals surface area (Å²) in [5.74, 6) is 0.371. The maximum Gasteiger partial charge on any atom is 0.285 e. The largest absolute Gasteiger partial charge is 0.369 e. The first-order chi connectivity index (χ1) is 13.9. The van der Waals surface area contributed by atoms with Crippen LogP contribution >= 0.6 is 0 Å². The number of fused-ring (bicyclic) bond motifs is 2. The highest BCUT2D eigenvalue weighted by Gasteiger charge is 2.18. The molecule has 0 amide bonds. The molecule has 29 heavy (non-hydrogen) atoms. The Bertz CT molecular complexity index is 1540. The van der Waals surface area contributed by atoms with Crippen LogP contribution in [0.5, 0.6) is 0 Å². The molecular formula is C17H14N10O2. The van der Waals surface area contributed by atoms with Crippen LogP contribution in [-0.4, -0.2) is 39.5 Å². The Morgan fingerprint density at radius 1 is 0.862 bits per heavy atom. The molecule has 144 valence electrons. The van der Waals surface area contributed by atoms with Crippen molar-refractivity contribution in [2.24, 2.45) is 0 Å². The van der Waals surface area contributed by atoms with Crippen LogP contribution in [0.4, 0.5) is 11.9 Å². The summed E-state index contributed by atoms with van der Waals surface area (Å²) in [5, 5.41) is 0. The first-order valence-corrected chi connectivity index (χ1v) is 8.52. The maximum absolute atomic E-state index is 13.1. The summed E-state index contributed by atoms with van der Waals surface area (Å²) in [6, 6.07) is 7.32. The van der Waals surface area contributed by atoms with Gasteiger partial charge in [0, 0.05) is 0 Å². The third-order valence-corrected chi connectivity index (χ3v) is 4.51. The van der Waals surface area contributed by atoms with Crippen LogP contribution in [0.25, 0.3) is 39.7 Å². The normalized spacial score (nSPS) is 11.5. The number of nitrogens with one attached hydrogen (secondary N) is 3. The topological polar surface area (TPSA) is 190 Å². The molecule has 12 nitrogen and oxygen atoms in total. The van der Waals surface area contributed by atoms with E-state index in [1.165, 1.54) is 4.57 Å². The molecule has 7 N–H and O–H groups in total. The molecule has 0 aliphatic carbocycles. The molecule has 0 saturated heterocycles. The number of para-hydroxylation sites is 1. The van der Waals surface area contributed by atoms with E-state index in [2.05, 4.69) is 34.9 Å². The van der Waals surface area contributed by atoms with Crippen LogP contribution in [0.15, 0.2) is 33.9 Å². The van der Waals surface area contributed by atoms with Gasteiger partial charge >= 0.3 is 0 Å². The van der Waals surface area contributed by atoms with Gasteiger partial charge in [-0.15, -0.1) is 0 Å². The molecule has 0 fully saturated rings. The number of aromatic amines is 3. The van der Waals surface area contributed by atoms with Crippen LogP contribution in [-0.2, 0) is 0 Å². The number of nitrogens with two attached hydrogens (primary N) is 2. The Kier molecular flexibility index (Phi) is 3.31. The summed E-state index contributed by atoms with van der Waals surface area (Å²) in [5.41, 5.74) is 12.7. The smallest absolute Gasteiger partial charge is 0.285 e. The van der Waals surface area contributed by atoms with Crippen LogP contribution in [0, 0.1) is 6.92 Å². The number of benzene rings is 1. The van der Waals surface area contributed by atoms with Gasteiger partial charge in [-0.2, -0.15) is 9.97 Å². The van der Waals surface area contributed by atoms with Gasteiger partial charge < -0.3 is 21.4 Å². The predicted octanol–water partition coefficient (Wildman–Crippen LogP) is 0.208. The third-order valence-electron chi connectivity index (χ3n) is 4.51. The van der Waals surface area contributed by atoms with Crippen molar-refractivity contribution in [3.05, 3.63) is 50.5 Å².